The zero-order valence-electron chi connectivity index (χ0n) is 11.2. The lowest BCUT2D eigenvalue weighted by molar-refractivity contribution is -0.144. The molecule has 1 aromatic carbocycles. The van der Waals surface area contributed by atoms with Crippen LogP contribution in [0.4, 0.5) is 0 Å². The molecule has 0 bridgehead atoms. The maximum atomic E-state index is 11.3. The van der Waals surface area contributed by atoms with E-state index in [1.165, 1.54) is 14.7 Å². The lowest BCUT2D eigenvalue weighted by atomic mass is 9.82. The van der Waals surface area contributed by atoms with Gasteiger partial charge in [-0.2, -0.15) is 0 Å². The standard InChI is InChI=1S/C15H20INO2/c1-2-11-4-3-10(8-14(11)16)7-12-5-6-17-9-13(12)15(18)19/h3-4,8,12-13,17H,2,5-7,9H2,1H3,(H,18,19). The van der Waals surface area contributed by atoms with Crippen LogP contribution in [0.2, 0.25) is 0 Å². The molecule has 4 heteroatoms. The molecule has 2 rings (SSSR count). The number of rotatable bonds is 4. The van der Waals surface area contributed by atoms with Crippen molar-refractivity contribution in [1.82, 2.24) is 5.32 Å². The first kappa shape index (κ1) is 14.8. The molecule has 0 radical (unpaired) electrons. The van der Waals surface area contributed by atoms with Crippen LogP contribution in [0.25, 0.3) is 0 Å². The van der Waals surface area contributed by atoms with Crippen LogP contribution in [-0.2, 0) is 17.6 Å². The summed E-state index contributed by atoms with van der Waals surface area (Å²) in [7, 11) is 0. The van der Waals surface area contributed by atoms with Gasteiger partial charge in [0, 0.05) is 10.1 Å². The van der Waals surface area contributed by atoms with Gasteiger partial charge in [0.25, 0.3) is 0 Å². The Kier molecular flexibility index (Phi) is 5.21. The third-order valence-electron chi connectivity index (χ3n) is 3.94. The molecular weight excluding hydrogens is 353 g/mol. The Balaban J connectivity index is 2.10. The molecule has 1 aliphatic rings. The molecule has 1 heterocycles. The summed E-state index contributed by atoms with van der Waals surface area (Å²) in [6.07, 6.45) is 2.87. The Morgan fingerprint density at radius 3 is 2.95 bits per heavy atom. The molecular formula is C15H20INO2. The Labute approximate surface area is 127 Å². The molecule has 0 amide bonds. The maximum Gasteiger partial charge on any atom is 0.308 e. The van der Waals surface area contributed by atoms with Gasteiger partial charge in [0.2, 0.25) is 0 Å². The first-order chi connectivity index (χ1) is 9.11. The van der Waals surface area contributed by atoms with Gasteiger partial charge < -0.3 is 10.4 Å². The van der Waals surface area contributed by atoms with Crippen molar-refractivity contribution in [2.45, 2.75) is 26.2 Å². The van der Waals surface area contributed by atoms with Gasteiger partial charge >= 0.3 is 5.97 Å². The lowest BCUT2D eigenvalue weighted by Gasteiger charge is -2.29. The Morgan fingerprint density at radius 1 is 1.53 bits per heavy atom. The molecule has 1 aliphatic heterocycles. The van der Waals surface area contributed by atoms with E-state index >= 15 is 0 Å². The number of carboxylic acid groups (broad SMARTS) is 1. The minimum Gasteiger partial charge on any atom is -0.481 e. The first-order valence-electron chi connectivity index (χ1n) is 6.82. The molecule has 1 fully saturated rings. The molecule has 2 N–H and O–H groups in total. The van der Waals surface area contributed by atoms with E-state index in [9.17, 15) is 9.90 Å². The molecule has 2 atom stereocenters. The van der Waals surface area contributed by atoms with Crippen LogP contribution in [0.5, 0.6) is 0 Å². The van der Waals surface area contributed by atoms with E-state index in [4.69, 9.17) is 0 Å². The van der Waals surface area contributed by atoms with Crippen LogP contribution < -0.4 is 5.32 Å². The number of aryl methyl sites for hydroxylation is 1. The molecule has 3 nitrogen and oxygen atoms in total. The highest BCUT2D eigenvalue weighted by Crippen LogP contribution is 2.25. The third kappa shape index (κ3) is 3.69. The van der Waals surface area contributed by atoms with Gasteiger partial charge in [0.15, 0.2) is 0 Å². The summed E-state index contributed by atoms with van der Waals surface area (Å²) in [6.45, 7) is 3.69. The molecule has 1 saturated heterocycles. The van der Waals surface area contributed by atoms with Crippen molar-refractivity contribution >= 4 is 28.6 Å². The van der Waals surface area contributed by atoms with Crippen LogP contribution in [0.15, 0.2) is 18.2 Å². The van der Waals surface area contributed by atoms with Gasteiger partial charge in [0.1, 0.15) is 0 Å². The summed E-state index contributed by atoms with van der Waals surface area (Å²) < 4.78 is 1.29. The normalized spacial score (nSPS) is 23.3. The van der Waals surface area contributed by atoms with Crippen molar-refractivity contribution in [3.63, 3.8) is 0 Å². The van der Waals surface area contributed by atoms with Crippen LogP contribution in [0.1, 0.15) is 24.5 Å². The Hall–Kier alpha value is -0.620. The summed E-state index contributed by atoms with van der Waals surface area (Å²) in [5.41, 5.74) is 2.63. The average molecular weight is 373 g/mol. The number of piperidine rings is 1. The van der Waals surface area contributed by atoms with E-state index in [1.54, 1.807) is 0 Å². The minimum absolute atomic E-state index is 0.252. The van der Waals surface area contributed by atoms with Gasteiger partial charge in [-0.15, -0.1) is 0 Å². The second-order valence-corrected chi connectivity index (χ2v) is 6.34. The number of benzene rings is 1. The topological polar surface area (TPSA) is 49.3 Å². The van der Waals surface area contributed by atoms with Crippen molar-refractivity contribution in [3.05, 3.63) is 32.9 Å². The summed E-state index contributed by atoms with van der Waals surface area (Å²) in [6, 6.07) is 6.54. The highest BCUT2D eigenvalue weighted by molar-refractivity contribution is 14.1. The molecule has 0 aliphatic carbocycles. The van der Waals surface area contributed by atoms with Gasteiger partial charge in [0.05, 0.1) is 5.92 Å². The van der Waals surface area contributed by atoms with Crippen molar-refractivity contribution in [1.29, 1.82) is 0 Å². The molecule has 0 aromatic heterocycles. The van der Waals surface area contributed by atoms with Crippen molar-refractivity contribution < 1.29 is 9.90 Å². The molecule has 2 unspecified atom stereocenters. The van der Waals surface area contributed by atoms with E-state index in [0.717, 1.165) is 25.8 Å². The number of nitrogens with one attached hydrogen (secondary N) is 1. The van der Waals surface area contributed by atoms with Crippen molar-refractivity contribution in [2.75, 3.05) is 13.1 Å². The number of hydrogen-bond acceptors (Lipinski definition) is 2. The van der Waals surface area contributed by atoms with Crippen molar-refractivity contribution in [3.8, 4) is 0 Å². The fraction of sp³-hybridized carbons (Fsp3) is 0.533. The summed E-state index contributed by atoms with van der Waals surface area (Å²) in [5, 5.41) is 12.5. The largest absolute Gasteiger partial charge is 0.481 e. The monoisotopic (exact) mass is 373 g/mol. The Morgan fingerprint density at radius 2 is 2.32 bits per heavy atom. The maximum absolute atomic E-state index is 11.3. The average Bonchev–Trinajstić information content (AvgIpc) is 2.39. The smallest absolute Gasteiger partial charge is 0.308 e. The highest BCUT2D eigenvalue weighted by atomic mass is 127. The quantitative estimate of drug-likeness (QED) is 0.798. The SMILES string of the molecule is CCc1ccc(CC2CCNCC2C(=O)O)cc1I. The molecule has 104 valence electrons. The van der Waals surface area contributed by atoms with Gasteiger partial charge in [-0.3, -0.25) is 4.79 Å². The predicted octanol–water partition coefficient (Wildman–Crippen LogP) is 2.71. The lowest BCUT2D eigenvalue weighted by Crippen LogP contribution is -2.41. The zero-order valence-corrected chi connectivity index (χ0v) is 13.3. The first-order valence-corrected chi connectivity index (χ1v) is 7.90. The molecule has 0 saturated carbocycles. The molecule has 1 aromatic rings. The molecule has 0 spiro atoms. The van der Waals surface area contributed by atoms with Gasteiger partial charge in [-0.05, 0) is 71.5 Å². The van der Waals surface area contributed by atoms with Crippen LogP contribution in [-0.4, -0.2) is 24.2 Å². The summed E-state index contributed by atoms with van der Waals surface area (Å²) in [4.78, 5) is 11.3. The predicted molar refractivity (Wildman–Crippen MR) is 84.3 cm³/mol. The van der Waals surface area contributed by atoms with Gasteiger partial charge in [-0.1, -0.05) is 19.1 Å². The van der Waals surface area contributed by atoms with E-state index in [-0.39, 0.29) is 11.8 Å². The number of carbonyl (C=O) groups is 1. The van der Waals surface area contributed by atoms with Crippen LogP contribution in [0, 0.1) is 15.4 Å². The fourth-order valence-electron chi connectivity index (χ4n) is 2.75. The zero-order chi connectivity index (χ0) is 13.8. The second kappa shape index (κ2) is 6.70. The number of carboxylic acids is 1. The Bertz CT molecular complexity index is 461. The number of halogens is 1. The van der Waals surface area contributed by atoms with E-state index in [1.807, 2.05) is 0 Å². The van der Waals surface area contributed by atoms with Crippen LogP contribution in [0.3, 0.4) is 0 Å². The van der Waals surface area contributed by atoms with Crippen LogP contribution >= 0.6 is 22.6 Å². The second-order valence-electron chi connectivity index (χ2n) is 5.18. The summed E-state index contributed by atoms with van der Waals surface area (Å²) in [5.74, 6) is -0.670. The van der Waals surface area contributed by atoms with E-state index < -0.39 is 5.97 Å². The number of aliphatic carboxylic acids is 1. The third-order valence-corrected chi connectivity index (χ3v) is 4.94. The van der Waals surface area contributed by atoms with E-state index in [0.29, 0.717) is 6.54 Å². The summed E-state index contributed by atoms with van der Waals surface area (Å²) >= 11 is 2.37. The minimum atomic E-state index is -0.669. The van der Waals surface area contributed by atoms with Crippen molar-refractivity contribution in [2.24, 2.45) is 11.8 Å². The fourth-order valence-corrected chi connectivity index (χ4v) is 3.71. The molecule has 19 heavy (non-hydrogen) atoms. The van der Waals surface area contributed by atoms with Gasteiger partial charge in [-0.25, -0.2) is 0 Å². The van der Waals surface area contributed by atoms with E-state index in [2.05, 4.69) is 53.0 Å². The highest BCUT2D eigenvalue weighted by Gasteiger charge is 2.30. The number of hydrogen-bond donors (Lipinski definition) is 2.